The van der Waals surface area contributed by atoms with Crippen LogP contribution in [0.1, 0.15) is 42.6 Å². The van der Waals surface area contributed by atoms with E-state index in [1.165, 1.54) is 0 Å². The predicted molar refractivity (Wildman–Crippen MR) is 129 cm³/mol. The highest BCUT2D eigenvalue weighted by Crippen LogP contribution is 2.26. The summed E-state index contributed by atoms with van der Waals surface area (Å²) in [6.07, 6.45) is 0. The summed E-state index contributed by atoms with van der Waals surface area (Å²) in [5.41, 5.74) is 2.78. The Morgan fingerprint density at radius 3 is 2.42 bits per heavy atom. The van der Waals surface area contributed by atoms with Crippen LogP contribution in [0, 0.1) is 20.8 Å². The van der Waals surface area contributed by atoms with Crippen LogP contribution in [0.5, 0.6) is 0 Å². The number of aryl methyl sites for hydroxylation is 3. The van der Waals surface area contributed by atoms with Gasteiger partial charge in [0.15, 0.2) is 0 Å². The number of hydrogen-bond acceptors (Lipinski definition) is 5. The lowest BCUT2D eigenvalue weighted by atomic mass is 10.2. The second kappa shape index (κ2) is 9.75. The molecule has 2 heterocycles. The number of aromatic nitrogens is 2. The van der Waals surface area contributed by atoms with Crippen molar-refractivity contribution in [3.05, 3.63) is 56.4 Å². The molecule has 31 heavy (non-hydrogen) atoms. The average molecular weight is 441 g/mol. The molecule has 0 saturated heterocycles. The van der Waals surface area contributed by atoms with Crippen molar-refractivity contribution < 1.29 is 4.79 Å². The van der Waals surface area contributed by atoms with Gasteiger partial charge in [0.05, 0.1) is 11.9 Å². The molecule has 0 fully saturated rings. The maximum absolute atomic E-state index is 13.5. The van der Waals surface area contributed by atoms with Crippen LogP contribution in [-0.4, -0.2) is 40.0 Å². The summed E-state index contributed by atoms with van der Waals surface area (Å²) in [6.45, 7) is 14.9. The minimum Gasteiger partial charge on any atom is -0.311 e. The zero-order chi connectivity index (χ0) is 22.7. The highest BCUT2D eigenvalue weighted by Gasteiger charge is 2.22. The Morgan fingerprint density at radius 2 is 1.81 bits per heavy atom. The topological polar surface area (TPSA) is 58.4 Å². The lowest BCUT2D eigenvalue weighted by Crippen LogP contribution is -2.39. The number of thiophene rings is 1. The molecule has 0 saturated carbocycles. The van der Waals surface area contributed by atoms with Gasteiger partial charge in [0.2, 0.25) is 5.91 Å². The van der Waals surface area contributed by atoms with Gasteiger partial charge in [0.25, 0.3) is 5.56 Å². The van der Waals surface area contributed by atoms with Gasteiger partial charge >= 0.3 is 0 Å². The minimum absolute atomic E-state index is 0.0194. The Balaban J connectivity index is 2.08. The van der Waals surface area contributed by atoms with E-state index in [0.717, 1.165) is 39.6 Å². The van der Waals surface area contributed by atoms with Crippen molar-refractivity contribution in [2.45, 2.75) is 54.6 Å². The van der Waals surface area contributed by atoms with Gasteiger partial charge in [-0.05, 0) is 64.0 Å². The number of nitrogens with zero attached hydrogens (tertiary/aromatic N) is 4. The predicted octanol–water partition coefficient (Wildman–Crippen LogP) is 4.28. The van der Waals surface area contributed by atoms with Crippen molar-refractivity contribution in [3.63, 3.8) is 0 Å². The summed E-state index contributed by atoms with van der Waals surface area (Å²) in [7, 11) is 0. The van der Waals surface area contributed by atoms with Crippen molar-refractivity contribution in [2.75, 3.05) is 24.5 Å². The maximum Gasteiger partial charge on any atom is 0.263 e. The summed E-state index contributed by atoms with van der Waals surface area (Å²) in [5, 5.41) is 0.636. The first-order valence-corrected chi connectivity index (χ1v) is 11.7. The molecule has 0 unspecified atom stereocenters. The van der Waals surface area contributed by atoms with E-state index in [1.807, 2.05) is 52.0 Å². The first kappa shape index (κ1) is 23.2. The molecule has 1 aromatic carbocycles. The van der Waals surface area contributed by atoms with Crippen LogP contribution in [-0.2, 0) is 17.9 Å². The average Bonchev–Trinajstić information content (AvgIpc) is 3.03. The number of hydrogen-bond donors (Lipinski definition) is 0. The van der Waals surface area contributed by atoms with E-state index < -0.39 is 0 Å². The molecule has 3 aromatic rings. The SMILES string of the molecule is CCN(CC)Cc1nc2sc(C)c(C)c2c(=O)n1CC(=O)N(CC)c1cccc(C)c1. The molecule has 6 nitrogen and oxygen atoms in total. The van der Waals surface area contributed by atoms with E-state index in [1.54, 1.807) is 20.8 Å². The monoisotopic (exact) mass is 440 g/mol. The van der Waals surface area contributed by atoms with Crippen molar-refractivity contribution >= 4 is 33.1 Å². The first-order chi connectivity index (χ1) is 14.8. The molecule has 2 aromatic heterocycles. The molecule has 0 spiro atoms. The molecule has 0 radical (unpaired) electrons. The van der Waals surface area contributed by atoms with Gasteiger partial charge in [-0.15, -0.1) is 11.3 Å². The number of carbonyl (C=O) groups excluding carboxylic acids is 1. The molecule has 166 valence electrons. The fraction of sp³-hybridized carbons (Fsp3) is 0.458. The standard InChI is InChI=1S/C24H32N4O2S/c1-7-26(8-2)14-20-25-23-22(17(5)18(6)31-23)24(30)28(20)15-21(29)27(9-3)19-12-10-11-16(4)13-19/h10-13H,7-9,14-15H2,1-6H3. The molecule has 3 rings (SSSR count). The number of likely N-dealkylation sites (N-methyl/N-ethyl adjacent to an activating group) is 1. The van der Waals surface area contributed by atoms with Crippen LogP contribution in [0.2, 0.25) is 0 Å². The smallest absolute Gasteiger partial charge is 0.263 e. The lowest BCUT2D eigenvalue weighted by molar-refractivity contribution is -0.119. The third-order valence-corrected chi connectivity index (χ3v) is 6.95. The van der Waals surface area contributed by atoms with Gasteiger partial charge in [0, 0.05) is 17.1 Å². The Labute approximate surface area is 188 Å². The van der Waals surface area contributed by atoms with E-state index in [2.05, 4.69) is 18.7 Å². The second-order valence-electron chi connectivity index (χ2n) is 7.82. The fourth-order valence-electron chi connectivity index (χ4n) is 3.82. The van der Waals surface area contributed by atoms with Crippen molar-refractivity contribution in [1.29, 1.82) is 0 Å². The molecule has 7 heteroatoms. The lowest BCUT2D eigenvalue weighted by Gasteiger charge is -2.24. The number of fused-ring (bicyclic) bond motifs is 1. The van der Waals surface area contributed by atoms with Crippen molar-refractivity contribution in [1.82, 2.24) is 14.5 Å². The number of anilines is 1. The van der Waals surface area contributed by atoms with Gasteiger partial charge in [0.1, 0.15) is 17.2 Å². The van der Waals surface area contributed by atoms with Gasteiger partial charge in [-0.2, -0.15) is 0 Å². The summed E-state index contributed by atoms with van der Waals surface area (Å²) >= 11 is 1.55. The highest BCUT2D eigenvalue weighted by molar-refractivity contribution is 7.18. The van der Waals surface area contributed by atoms with Gasteiger partial charge < -0.3 is 4.90 Å². The zero-order valence-corrected chi connectivity index (χ0v) is 20.2. The van der Waals surface area contributed by atoms with Crippen LogP contribution >= 0.6 is 11.3 Å². The molecule has 0 atom stereocenters. The van der Waals surface area contributed by atoms with Gasteiger partial charge in [-0.3, -0.25) is 19.1 Å². The van der Waals surface area contributed by atoms with Crippen molar-refractivity contribution in [3.8, 4) is 0 Å². The van der Waals surface area contributed by atoms with Crippen LogP contribution in [0.3, 0.4) is 0 Å². The Morgan fingerprint density at radius 1 is 1.10 bits per heavy atom. The Hall–Kier alpha value is -2.51. The maximum atomic E-state index is 13.5. The molecule has 0 bridgehead atoms. The molecule has 0 aliphatic heterocycles. The van der Waals surface area contributed by atoms with E-state index in [0.29, 0.717) is 24.3 Å². The van der Waals surface area contributed by atoms with E-state index in [4.69, 9.17) is 4.98 Å². The van der Waals surface area contributed by atoms with Crippen LogP contribution in [0.4, 0.5) is 5.69 Å². The summed E-state index contributed by atoms with van der Waals surface area (Å²) in [6, 6.07) is 7.88. The number of carbonyl (C=O) groups is 1. The fourth-order valence-corrected chi connectivity index (χ4v) is 4.86. The van der Waals surface area contributed by atoms with Crippen molar-refractivity contribution in [2.24, 2.45) is 0 Å². The van der Waals surface area contributed by atoms with Crippen LogP contribution in [0.25, 0.3) is 10.2 Å². The molecule has 1 amide bonds. The van der Waals surface area contributed by atoms with Crippen LogP contribution < -0.4 is 10.5 Å². The third-order valence-electron chi connectivity index (χ3n) is 5.85. The second-order valence-corrected chi connectivity index (χ2v) is 9.02. The van der Waals surface area contributed by atoms with Gasteiger partial charge in [-0.1, -0.05) is 26.0 Å². The summed E-state index contributed by atoms with van der Waals surface area (Å²) in [4.78, 5) is 37.5. The molecule has 0 N–H and O–H groups in total. The first-order valence-electron chi connectivity index (χ1n) is 10.9. The number of rotatable bonds is 8. The Kier molecular flexibility index (Phi) is 7.28. The highest BCUT2D eigenvalue weighted by atomic mass is 32.1. The van der Waals surface area contributed by atoms with E-state index >= 15 is 0 Å². The summed E-state index contributed by atoms with van der Waals surface area (Å²) < 4.78 is 1.58. The molecule has 0 aliphatic rings. The largest absolute Gasteiger partial charge is 0.311 e. The molecule has 0 aliphatic carbocycles. The normalized spacial score (nSPS) is 11.5. The summed E-state index contributed by atoms with van der Waals surface area (Å²) in [5.74, 6) is 0.540. The minimum atomic E-state index is -0.123. The van der Waals surface area contributed by atoms with E-state index in [9.17, 15) is 9.59 Å². The third kappa shape index (κ3) is 4.72. The molecular weight excluding hydrogens is 408 g/mol. The van der Waals surface area contributed by atoms with Crippen LogP contribution in [0.15, 0.2) is 29.1 Å². The number of benzene rings is 1. The Bertz CT molecular complexity index is 1140. The zero-order valence-electron chi connectivity index (χ0n) is 19.4. The molecular formula is C24H32N4O2S. The van der Waals surface area contributed by atoms with Gasteiger partial charge in [-0.25, -0.2) is 4.98 Å². The van der Waals surface area contributed by atoms with E-state index in [-0.39, 0.29) is 18.0 Å². The number of amides is 1. The quantitative estimate of drug-likeness (QED) is 0.525.